The lowest BCUT2D eigenvalue weighted by Crippen LogP contribution is -2.22. The SMILES string of the molecule is CN(C)S(=O)(=O)c1cccc2ncsc12. The zero-order chi connectivity index (χ0) is 11.1. The maximum absolute atomic E-state index is 11.9. The van der Waals surface area contributed by atoms with Gasteiger partial charge in [0.15, 0.2) is 0 Å². The van der Waals surface area contributed by atoms with Gasteiger partial charge in [-0.15, -0.1) is 11.3 Å². The minimum Gasteiger partial charge on any atom is -0.245 e. The molecular formula is C9H10N2O2S2. The Bertz CT molecular complexity index is 587. The molecule has 0 unspecified atom stereocenters. The van der Waals surface area contributed by atoms with E-state index in [1.807, 2.05) is 0 Å². The lowest BCUT2D eigenvalue weighted by Gasteiger charge is -2.11. The Balaban J connectivity index is 2.77. The first-order valence-electron chi connectivity index (χ1n) is 4.28. The van der Waals surface area contributed by atoms with E-state index in [0.29, 0.717) is 9.60 Å². The van der Waals surface area contributed by atoms with Crippen molar-refractivity contribution in [1.29, 1.82) is 0 Å². The number of nitrogens with zero attached hydrogens (tertiary/aromatic N) is 2. The van der Waals surface area contributed by atoms with Crippen LogP contribution in [0, 0.1) is 0 Å². The number of sulfonamides is 1. The highest BCUT2D eigenvalue weighted by molar-refractivity contribution is 7.89. The van der Waals surface area contributed by atoms with E-state index in [-0.39, 0.29) is 0 Å². The van der Waals surface area contributed by atoms with Crippen molar-refractivity contribution in [3.8, 4) is 0 Å². The van der Waals surface area contributed by atoms with E-state index in [4.69, 9.17) is 0 Å². The summed E-state index contributed by atoms with van der Waals surface area (Å²) in [5, 5.41) is 0. The number of rotatable bonds is 2. The summed E-state index contributed by atoms with van der Waals surface area (Å²) in [5.74, 6) is 0. The Hall–Kier alpha value is -0.980. The molecule has 0 spiro atoms. The first kappa shape index (κ1) is 10.5. The van der Waals surface area contributed by atoms with E-state index in [2.05, 4.69) is 4.98 Å². The number of fused-ring (bicyclic) bond motifs is 1. The summed E-state index contributed by atoms with van der Waals surface area (Å²) in [6.45, 7) is 0. The predicted octanol–water partition coefficient (Wildman–Crippen LogP) is 1.55. The summed E-state index contributed by atoms with van der Waals surface area (Å²) in [6, 6.07) is 5.12. The molecule has 4 nitrogen and oxygen atoms in total. The Morgan fingerprint density at radius 2 is 2.07 bits per heavy atom. The number of benzene rings is 1. The molecule has 0 aliphatic heterocycles. The number of thiazole rings is 1. The van der Waals surface area contributed by atoms with Crippen LogP contribution in [0.3, 0.4) is 0 Å². The molecule has 2 rings (SSSR count). The van der Waals surface area contributed by atoms with Gasteiger partial charge in [0.1, 0.15) is 4.90 Å². The third-order valence-corrected chi connectivity index (χ3v) is 4.94. The molecule has 1 aromatic heterocycles. The van der Waals surface area contributed by atoms with Crippen molar-refractivity contribution in [3.63, 3.8) is 0 Å². The van der Waals surface area contributed by atoms with Gasteiger partial charge in [-0.1, -0.05) is 6.07 Å². The molecule has 0 saturated carbocycles. The van der Waals surface area contributed by atoms with Crippen LogP contribution >= 0.6 is 11.3 Å². The van der Waals surface area contributed by atoms with Gasteiger partial charge in [-0.05, 0) is 12.1 Å². The highest BCUT2D eigenvalue weighted by atomic mass is 32.2. The fraction of sp³-hybridized carbons (Fsp3) is 0.222. The molecule has 0 atom stereocenters. The molecule has 0 saturated heterocycles. The molecule has 1 heterocycles. The molecule has 2 aromatic rings. The molecular weight excluding hydrogens is 232 g/mol. The van der Waals surface area contributed by atoms with Gasteiger partial charge in [0.2, 0.25) is 10.0 Å². The fourth-order valence-electron chi connectivity index (χ4n) is 1.26. The molecule has 0 bridgehead atoms. The van der Waals surface area contributed by atoms with Gasteiger partial charge >= 0.3 is 0 Å². The maximum Gasteiger partial charge on any atom is 0.244 e. The highest BCUT2D eigenvalue weighted by Gasteiger charge is 2.20. The van der Waals surface area contributed by atoms with Crippen molar-refractivity contribution in [2.75, 3.05) is 14.1 Å². The molecule has 0 radical (unpaired) electrons. The second-order valence-electron chi connectivity index (χ2n) is 3.24. The van der Waals surface area contributed by atoms with Gasteiger partial charge in [0.25, 0.3) is 0 Å². The van der Waals surface area contributed by atoms with Crippen molar-refractivity contribution < 1.29 is 8.42 Å². The molecule has 0 N–H and O–H groups in total. The Morgan fingerprint density at radius 3 is 2.73 bits per heavy atom. The van der Waals surface area contributed by atoms with Gasteiger partial charge in [-0.25, -0.2) is 17.7 Å². The zero-order valence-electron chi connectivity index (χ0n) is 8.34. The zero-order valence-corrected chi connectivity index (χ0v) is 9.97. The van der Waals surface area contributed by atoms with Crippen LogP contribution in [-0.4, -0.2) is 31.8 Å². The highest BCUT2D eigenvalue weighted by Crippen LogP contribution is 2.27. The topological polar surface area (TPSA) is 50.3 Å². The van der Waals surface area contributed by atoms with Crippen molar-refractivity contribution in [1.82, 2.24) is 9.29 Å². The van der Waals surface area contributed by atoms with Gasteiger partial charge in [-0.3, -0.25) is 0 Å². The average Bonchev–Trinajstić information content (AvgIpc) is 2.64. The van der Waals surface area contributed by atoms with Crippen LogP contribution in [0.5, 0.6) is 0 Å². The summed E-state index contributed by atoms with van der Waals surface area (Å²) in [7, 11) is -0.324. The number of hydrogen-bond acceptors (Lipinski definition) is 4. The Morgan fingerprint density at radius 1 is 1.33 bits per heavy atom. The fourth-order valence-corrected chi connectivity index (χ4v) is 3.40. The second-order valence-corrected chi connectivity index (χ2v) is 6.22. The summed E-state index contributed by atoms with van der Waals surface area (Å²) >= 11 is 1.34. The van der Waals surface area contributed by atoms with Crippen LogP contribution in [0.25, 0.3) is 10.2 Å². The third-order valence-electron chi connectivity index (χ3n) is 2.08. The first-order valence-corrected chi connectivity index (χ1v) is 6.60. The van der Waals surface area contributed by atoms with Crippen LogP contribution in [0.1, 0.15) is 0 Å². The Kier molecular flexibility index (Phi) is 2.49. The first-order chi connectivity index (χ1) is 7.03. The largest absolute Gasteiger partial charge is 0.245 e. The van der Waals surface area contributed by atoms with Gasteiger partial charge in [0, 0.05) is 14.1 Å². The maximum atomic E-state index is 11.9. The van der Waals surface area contributed by atoms with Crippen molar-refractivity contribution in [3.05, 3.63) is 23.7 Å². The van der Waals surface area contributed by atoms with Crippen molar-refractivity contribution >= 4 is 31.6 Å². The average molecular weight is 242 g/mol. The molecule has 0 aliphatic carbocycles. The standard InChI is InChI=1S/C9H10N2O2S2/c1-11(2)15(12,13)8-5-3-4-7-9(8)14-6-10-7/h3-6H,1-2H3. The molecule has 0 amide bonds. The molecule has 6 heteroatoms. The van der Waals surface area contributed by atoms with E-state index >= 15 is 0 Å². The summed E-state index contributed by atoms with van der Waals surface area (Å²) in [5.41, 5.74) is 2.38. The van der Waals surface area contributed by atoms with Crippen molar-refractivity contribution in [2.45, 2.75) is 4.90 Å². The molecule has 15 heavy (non-hydrogen) atoms. The lowest BCUT2D eigenvalue weighted by molar-refractivity contribution is 0.522. The lowest BCUT2D eigenvalue weighted by atomic mass is 10.3. The molecule has 0 aliphatic rings. The van der Waals surface area contributed by atoms with E-state index in [9.17, 15) is 8.42 Å². The third kappa shape index (κ3) is 1.64. The quantitative estimate of drug-likeness (QED) is 0.802. The monoisotopic (exact) mass is 242 g/mol. The smallest absolute Gasteiger partial charge is 0.244 e. The minimum absolute atomic E-state index is 0.326. The van der Waals surface area contributed by atoms with E-state index in [1.165, 1.54) is 29.7 Å². The van der Waals surface area contributed by atoms with E-state index < -0.39 is 10.0 Å². The van der Waals surface area contributed by atoms with Crippen LogP contribution in [0.15, 0.2) is 28.6 Å². The van der Waals surface area contributed by atoms with Crippen LogP contribution in [-0.2, 0) is 10.0 Å². The number of hydrogen-bond donors (Lipinski definition) is 0. The molecule has 80 valence electrons. The van der Waals surface area contributed by atoms with E-state index in [1.54, 1.807) is 23.7 Å². The van der Waals surface area contributed by atoms with Gasteiger partial charge in [0.05, 0.1) is 15.7 Å². The summed E-state index contributed by atoms with van der Waals surface area (Å²) in [6.07, 6.45) is 0. The summed E-state index contributed by atoms with van der Waals surface area (Å²) < 4.78 is 25.8. The normalized spacial score (nSPS) is 12.5. The van der Waals surface area contributed by atoms with E-state index in [0.717, 1.165) is 5.52 Å². The van der Waals surface area contributed by atoms with Gasteiger partial charge < -0.3 is 0 Å². The molecule has 1 aromatic carbocycles. The van der Waals surface area contributed by atoms with Crippen LogP contribution < -0.4 is 0 Å². The minimum atomic E-state index is -3.37. The van der Waals surface area contributed by atoms with Crippen LogP contribution in [0.2, 0.25) is 0 Å². The molecule has 0 fully saturated rings. The summed E-state index contributed by atoms with van der Waals surface area (Å²) in [4.78, 5) is 4.41. The number of aromatic nitrogens is 1. The van der Waals surface area contributed by atoms with Crippen molar-refractivity contribution in [2.24, 2.45) is 0 Å². The second kappa shape index (κ2) is 3.55. The predicted molar refractivity (Wildman–Crippen MR) is 60.5 cm³/mol. The van der Waals surface area contributed by atoms with Crippen LogP contribution in [0.4, 0.5) is 0 Å². The van der Waals surface area contributed by atoms with Gasteiger partial charge in [-0.2, -0.15) is 0 Å². The Labute approximate surface area is 92.2 Å².